The lowest BCUT2D eigenvalue weighted by Gasteiger charge is -2.03. The SMILES string of the molecule is C=Cn1cccc1C(=O)c1ncccc1Cl. The largest absolute Gasteiger partial charge is 0.321 e. The molecule has 80 valence electrons. The van der Waals surface area contributed by atoms with Crippen molar-refractivity contribution in [3.05, 3.63) is 59.6 Å². The number of carbonyl (C=O) groups is 1. The molecule has 2 aromatic rings. The first-order chi connectivity index (χ1) is 7.74. The Morgan fingerprint density at radius 2 is 2.25 bits per heavy atom. The molecule has 2 aromatic heterocycles. The standard InChI is InChI=1S/C12H9ClN2O/c1-2-15-8-4-6-10(15)12(16)11-9(13)5-3-7-14-11/h2-8H,1H2. The molecule has 0 aromatic carbocycles. The van der Waals surface area contributed by atoms with Gasteiger partial charge in [-0.25, -0.2) is 0 Å². The van der Waals surface area contributed by atoms with E-state index in [9.17, 15) is 4.79 Å². The van der Waals surface area contributed by atoms with Crippen LogP contribution in [0.3, 0.4) is 0 Å². The van der Waals surface area contributed by atoms with Gasteiger partial charge in [-0.15, -0.1) is 0 Å². The summed E-state index contributed by atoms with van der Waals surface area (Å²) in [5, 5.41) is 0.351. The Morgan fingerprint density at radius 3 is 2.94 bits per heavy atom. The number of nitrogens with zero attached hydrogens (tertiary/aromatic N) is 2. The highest BCUT2D eigenvalue weighted by atomic mass is 35.5. The van der Waals surface area contributed by atoms with Crippen molar-refractivity contribution in [1.82, 2.24) is 9.55 Å². The molecule has 0 fully saturated rings. The Kier molecular flexibility index (Phi) is 2.88. The van der Waals surface area contributed by atoms with Gasteiger partial charge in [0.2, 0.25) is 5.78 Å². The summed E-state index contributed by atoms with van der Waals surface area (Å²) in [6, 6.07) is 6.80. The van der Waals surface area contributed by atoms with E-state index in [1.807, 2.05) is 0 Å². The second kappa shape index (κ2) is 4.33. The summed E-state index contributed by atoms with van der Waals surface area (Å²) in [5.41, 5.74) is 0.751. The van der Waals surface area contributed by atoms with Gasteiger partial charge in [0.1, 0.15) is 5.69 Å². The maximum atomic E-state index is 12.1. The zero-order valence-corrected chi connectivity index (χ0v) is 9.19. The van der Waals surface area contributed by atoms with Crippen molar-refractivity contribution < 1.29 is 4.79 Å². The van der Waals surface area contributed by atoms with Crippen molar-refractivity contribution in [3.8, 4) is 0 Å². The quantitative estimate of drug-likeness (QED) is 0.763. The molecular weight excluding hydrogens is 224 g/mol. The molecule has 0 aliphatic rings. The molecule has 16 heavy (non-hydrogen) atoms. The summed E-state index contributed by atoms with van der Waals surface area (Å²) >= 11 is 5.91. The fraction of sp³-hybridized carbons (Fsp3) is 0. The first kappa shape index (κ1) is 10.6. The number of carbonyl (C=O) groups excluding carboxylic acids is 1. The van der Waals surface area contributed by atoms with Crippen LogP contribution in [-0.2, 0) is 0 Å². The van der Waals surface area contributed by atoms with E-state index in [-0.39, 0.29) is 11.5 Å². The summed E-state index contributed by atoms with van der Waals surface area (Å²) in [6.07, 6.45) is 4.85. The molecule has 0 saturated heterocycles. The molecule has 0 aliphatic carbocycles. The van der Waals surface area contributed by atoms with Gasteiger partial charge < -0.3 is 4.57 Å². The number of pyridine rings is 1. The van der Waals surface area contributed by atoms with Crippen LogP contribution < -0.4 is 0 Å². The lowest BCUT2D eigenvalue weighted by atomic mass is 10.2. The zero-order valence-electron chi connectivity index (χ0n) is 8.43. The van der Waals surface area contributed by atoms with E-state index in [2.05, 4.69) is 11.6 Å². The molecule has 0 atom stereocenters. The fourth-order valence-corrected chi connectivity index (χ4v) is 1.63. The minimum absolute atomic E-state index is 0.212. The average Bonchev–Trinajstić information content (AvgIpc) is 2.77. The van der Waals surface area contributed by atoms with E-state index >= 15 is 0 Å². The minimum atomic E-state index is -0.212. The van der Waals surface area contributed by atoms with Crippen molar-refractivity contribution in [1.29, 1.82) is 0 Å². The lowest BCUT2D eigenvalue weighted by Crippen LogP contribution is -2.08. The van der Waals surface area contributed by atoms with Crippen molar-refractivity contribution in [2.75, 3.05) is 0 Å². The molecule has 0 N–H and O–H groups in total. The monoisotopic (exact) mass is 232 g/mol. The van der Waals surface area contributed by atoms with Crippen molar-refractivity contribution >= 4 is 23.6 Å². The topological polar surface area (TPSA) is 34.9 Å². The van der Waals surface area contributed by atoms with Gasteiger partial charge in [0.15, 0.2) is 0 Å². The van der Waals surface area contributed by atoms with Crippen LogP contribution in [0.15, 0.2) is 43.2 Å². The number of hydrogen-bond donors (Lipinski definition) is 0. The molecule has 4 heteroatoms. The first-order valence-electron chi connectivity index (χ1n) is 4.68. The van der Waals surface area contributed by atoms with Gasteiger partial charge in [-0.2, -0.15) is 0 Å². The van der Waals surface area contributed by atoms with Crippen LogP contribution in [0.4, 0.5) is 0 Å². The predicted octanol–water partition coefficient (Wildman–Crippen LogP) is 2.87. The molecule has 2 heterocycles. The Morgan fingerprint density at radius 1 is 1.44 bits per heavy atom. The van der Waals surface area contributed by atoms with Crippen LogP contribution in [-0.4, -0.2) is 15.3 Å². The van der Waals surface area contributed by atoms with Gasteiger partial charge in [-0.1, -0.05) is 18.2 Å². The molecular formula is C12H9ClN2O. The Labute approximate surface area is 98.0 Å². The molecule has 0 spiro atoms. The van der Waals surface area contributed by atoms with Crippen LogP contribution in [0.5, 0.6) is 0 Å². The van der Waals surface area contributed by atoms with E-state index in [1.54, 1.807) is 47.4 Å². The molecule has 0 amide bonds. The molecule has 0 unspecified atom stereocenters. The third-order valence-electron chi connectivity index (χ3n) is 2.18. The normalized spacial score (nSPS) is 10.1. The number of rotatable bonds is 3. The van der Waals surface area contributed by atoms with E-state index in [0.717, 1.165) is 0 Å². The summed E-state index contributed by atoms with van der Waals surface area (Å²) < 4.78 is 1.63. The minimum Gasteiger partial charge on any atom is -0.321 e. The van der Waals surface area contributed by atoms with Crippen LogP contribution in [0.1, 0.15) is 16.2 Å². The maximum absolute atomic E-state index is 12.1. The van der Waals surface area contributed by atoms with E-state index in [4.69, 9.17) is 11.6 Å². The van der Waals surface area contributed by atoms with Crippen molar-refractivity contribution in [2.45, 2.75) is 0 Å². The van der Waals surface area contributed by atoms with Gasteiger partial charge in [0.25, 0.3) is 0 Å². The molecule has 3 nitrogen and oxygen atoms in total. The van der Waals surface area contributed by atoms with E-state index in [1.165, 1.54) is 0 Å². The second-order valence-corrected chi connectivity index (χ2v) is 3.55. The third kappa shape index (κ3) is 1.77. The van der Waals surface area contributed by atoms with E-state index < -0.39 is 0 Å². The van der Waals surface area contributed by atoms with Crippen LogP contribution >= 0.6 is 11.6 Å². The molecule has 0 bridgehead atoms. The second-order valence-electron chi connectivity index (χ2n) is 3.15. The smallest absolute Gasteiger partial charge is 0.229 e. The number of halogens is 1. The van der Waals surface area contributed by atoms with Crippen LogP contribution in [0.2, 0.25) is 5.02 Å². The maximum Gasteiger partial charge on any atom is 0.229 e. The summed E-state index contributed by atoms with van der Waals surface area (Å²) in [6.45, 7) is 3.62. The summed E-state index contributed by atoms with van der Waals surface area (Å²) in [5.74, 6) is -0.212. The van der Waals surface area contributed by atoms with Gasteiger partial charge in [-0.05, 0) is 24.3 Å². The van der Waals surface area contributed by atoms with Gasteiger partial charge in [-0.3, -0.25) is 9.78 Å². The Hall–Kier alpha value is -1.87. The number of hydrogen-bond acceptors (Lipinski definition) is 2. The Bertz CT molecular complexity index is 545. The van der Waals surface area contributed by atoms with Gasteiger partial charge >= 0.3 is 0 Å². The summed E-state index contributed by atoms with van der Waals surface area (Å²) in [4.78, 5) is 16.1. The lowest BCUT2D eigenvalue weighted by molar-refractivity contribution is 0.102. The fourth-order valence-electron chi connectivity index (χ4n) is 1.42. The zero-order chi connectivity index (χ0) is 11.5. The van der Waals surface area contributed by atoms with Gasteiger partial charge in [0.05, 0.1) is 10.7 Å². The summed E-state index contributed by atoms with van der Waals surface area (Å²) in [7, 11) is 0. The Balaban J connectivity index is 2.47. The third-order valence-corrected chi connectivity index (χ3v) is 2.49. The highest BCUT2D eigenvalue weighted by Crippen LogP contribution is 2.17. The molecule has 0 saturated carbocycles. The number of aromatic nitrogens is 2. The van der Waals surface area contributed by atoms with Crippen LogP contribution in [0.25, 0.3) is 6.20 Å². The number of ketones is 1. The first-order valence-corrected chi connectivity index (χ1v) is 5.06. The van der Waals surface area contributed by atoms with Crippen molar-refractivity contribution in [2.24, 2.45) is 0 Å². The molecule has 0 radical (unpaired) electrons. The van der Waals surface area contributed by atoms with E-state index in [0.29, 0.717) is 10.7 Å². The highest BCUT2D eigenvalue weighted by molar-refractivity contribution is 6.34. The predicted molar refractivity (Wildman–Crippen MR) is 63.5 cm³/mol. The van der Waals surface area contributed by atoms with Gasteiger partial charge in [0, 0.05) is 18.6 Å². The van der Waals surface area contributed by atoms with Crippen molar-refractivity contribution in [3.63, 3.8) is 0 Å². The highest BCUT2D eigenvalue weighted by Gasteiger charge is 2.16. The molecule has 0 aliphatic heterocycles. The van der Waals surface area contributed by atoms with Crippen LogP contribution in [0, 0.1) is 0 Å². The molecule has 2 rings (SSSR count). The average molecular weight is 233 g/mol.